The van der Waals surface area contributed by atoms with Crippen LogP contribution in [0.15, 0.2) is 0 Å². The number of nitrogens with zero attached hydrogens (tertiary/aromatic N) is 4. The Kier molecular flexibility index (Phi) is 3.11. The highest BCUT2D eigenvalue weighted by molar-refractivity contribution is 5.47. The van der Waals surface area contributed by atoms with E-state index in [0.717, 1.165) is 0 Å². The summed E-state index contributed by atoms with van der Waals surface area (Å²) in [5, 5.41) is 46.5. The number of fused-ring (bicyclic) bond motifs is 2. The fourth-order valence-electron chi connectivity index (χ4n) is 2.56. The van der Waals surface area contributed by atoms with Crippen LogP contribution in [-0.4, -0.2) is 53.2 Å². The number of aromatic hydroxyl groups is 2. The monoisotopic (exact) mass is 280 g/mol. The summed E-state index contributed by atoms with van der Waals surface area (Å²) in [7, 11) is 0. The van der Waals surface area contributed by atoms with Crippen molar-refractivity contribution in [2.45, 2.75) is 25.9 Å². The van der Waals surface area contributed by atoms with E-state index in [0.29, 0.717) is 35.4 Å². The molecule has 108 valence electrons. The van der Waals surface area contributed by atoms with Gasteiger partial charge < -0.3 is 20.4 Å². The molecule has 2 aromatic rings. The summed E-state index contributed by atoms with van der Waals surface area (Å²) in [4.78, 5) is 0. The van der Waals surface area contributed by atoms with Crippen molar-refractivity contribution in [3.05, 3.63) is 22.5 Å². The van der Waals surface area contributed by atoms with Crippen molar-refractivity contribution >= 4 is 0 Å². The number of aliphatic hydroxyl groups is 2. The molecule has 0 aromatic carbocycles. The Morgan fingerprint density at radius 2 is 1.20 bits per heavy atom. The molecular formula is C12H16N4O4. The van der Waals surface area contributed by atoms with Gasteiger partial charge in [-0.15, -0.1) is 0 Å². The number of aromatic nitrogens is 4. The molecule has 20 heavy (non-hydrogen) atoms. The molecule has 1 aliphatic carbocycles. The average molecular weight is 280 g/mol. The third kappa shape index (κ3) is 1.84. The highest BCUT2D eigenvalue weighted by Gasteiger charge is 2.29. The summed E-state index contributed by atoms with van der Waals surface area (Å²) in [6.45, 7) is 0.251. The molecule has 0 aliphatic heterocycles. The van der Waals surface area contributed by atoms with Crippen LogP contribution in [0, 0.1) is 0 Å². The van der Waals surface area contributed by atoms with Crippen molar-refractivity contribution < 1.29 is 20.4 Å². The van der Waals surface area contributed by atoms with Gasteiger partial charge in [0.25, 0.3) is 0 Å². The topological polar surface area (TPSA) is 117 Å². The van der Waals surface area contributed by atoms with Crippen LogP contribution in [0.5, 0.6) is 11.8 Å². The van der Waals surface area contributed by atoms with Gasteiger partial charge in [-0.25, -0.2) is 9.36 Å². The molecule has 0 saturated carbocycles. The molecule has 0 amide bonds. The zero-order valence-corrected chi connectivity index (χ0v) is 10.8. The summed E-state index contributed by atoms with van der Waals surface area (Å²) in [5.41, 5.74) is 2.73. The quantitative estimate of drug-likeness (QED) is 0.485. The predicted octanol–water partition coefficient (Wildman–Crippen LogP) is -1.03. The van der Waals surface area contributed by atoms with E-state index in [1.807, 2.05) is 0 Å². The zero-order chi connectivity index (χ0) is 14.3. The first kappa shape index (κ1) is 12.9. The first-order valence-electron chi connectivity index (χ1n) is 6.42. The predicted molar refractivity (Wildman–Crippen MR) is 67.6 cm³/mol. The molecule has 0 saturated heterocycles. The molecule has 8 nitrogen and oxygen atoms in total. The number of rotatable bonds is 4. The van der Waals surface area contributed by atoms with Crippen LogP contribution in [0.1, 0.15) is 22.5 Å². The van der Waals surface area contributed by atoms with Gasteiger partial charge in [0.1, 0.15) is 0 Å². The van der Waals surface area contributed by atoms with Crippen molar-refractivity contribution in [2.75, 3.05) is 13.2 Å². The summed E-state index contributed by atoms with van der Waals surface area (Å²) >= 11 is 0. The normalized spacial score (nSPS) is 13.3. The standard InChI is InChI=1S/C12H16N4O4/c17-3-1-15-11(19)7-5-10-8(6-9(7)13-15)12(20)16(14-10)2-4-18/h17-20H,1-6H2. The third-order valence-corrected chi connectivity index (χ3v) is 3.52. The van der Waals surface area contributed by atoms with Crippen molar-refractivity contribution in [1.29, 1.82) is 0 Å². The van der Waals surface area contributed by atoms with E-state index in [-0.39, 0.29) is 38.1 Å². The first-order valence-corrected chi connectivity index (χ1v) is 6.42. The molecule has 0 radical (unpaired) electrons. The maximum Gasteiger partial charge on any atom is 0.213 e. The van der Waals surface area contributed by atoms with E-state index < -0.39 is 0 Å². The molecule has 0 bridgehead atoms. The average Bonchev–Trinajstić information content (AvgIpc) is 2.89. The van der Waals surface area contributed by atoms with Crippen LogP contribution in [0.2, 0.25) is 0 Å². The summed E-state index contributed by atoms with van der Waals surface area (Å²) in [6.07, 6.45) is 0.766. The van der Waals surface area contributed by atoms with E-state index >= 15 is 0 Å². The maximum atomic E-state index is 10.1. The van der Waals surface area contributed by atoms with Gasteiger partial charge in [-0.05, 0) is 0 Å². The molecule has 8 heteroatoms. The second-order valence-electron chi connectivity index (χ2n) is 4.74. The molecule has 4 N–H and O–H groups in total. The Balaban J connectivity index is 1.97. The van der Waals surface area contributed by atoms with Crippen molar-refractivity contribution in [3.8, 4) is 11.8 Å². The molecular weight excluding hydrogens is 264 g/mol. The Labute approximate surface area is 114 Å². The lowest BCUT2D eigenvalue weighted by Crippen LogP contribution is -2.05. The molecule has 2 aromatic heterocycles. The lowest BCUT2D eigenvalue weighted by atomic mass is 9.95. The van der Waals surface area contributed by atoms with E-state index in [1.54, 1.807) is 0 Å². The van der Waals surface area contributed by atoms with Crippen LogP contribution in [0.25, 0.3) is 0 Å². The molecule has 1 aliphatic rings. The fraction of sp³-hybridized carbons (Fsp3) is 0.500. The highest BCUT2D eigenvalue weighted by atomic mass is 16.3. The first-order chi connectivity index (χ1) is 9.65. The van der Waals surface area contributed by atoms with Gasteiger partial charge in [0.15, 0.2) is 0 Å². The summed E-state index contributed by atoms with van der Waals surface area (Å²) < 4.78 is 2.71. The lowest BCUT2D eigenvalue weighted by Gasteiger charge is -2.08. The fourth-order valence-corrected chi connectivity index (χ4v) is 2.56. The Bertz CT molecular complexity index is 590. The third-order valence-electron chi connectivity index (χ3n) is 3.52. The summed E-state index contributed by atoms with van der Waals surface area (Å²) in [5.74, 6) is 0.0757. The maximum absolute atomic E-state index is 10.1. The van der Waals surface area contributed by atoms with Crippen LogP contribution in [0.3, 0.4) is 0 Å². The molecule has 2 heterocycles. The van der Waals surface area contributed by atoms with E-state index in [4.69, 9.17) is 10.2 Å². The minimum Gasteiger partial charge on any atom is -0.493 e. The second-order valence-corrected chi connectivity index (χ2v) is 4.74. The number of hydrogen-bond acceptors (Lipinski definition) is 6. The van der Waals surface area contributed by atoms with Crippen molar-refractivity contribution in [1.82, 2.24) is 19.6 Å². The molecule has 3 rings (SSSR count). The van der Waals surface area contributed by atoms with Crippen LogP contribution in [-0.2, 0) is 25.9 Å². The van der Waals surface area contributed by atoms with Gasteiger partial charge in [0, 0.05) is 24.0 Å². The minimum atomic E-state index is -0.104. The summed E-state index contributed by atoms with van der Waals surface area (Å²) in [6, 6.07) is 0. The SMILES string of the molecule is OCCn1nc2c(c1O)Cc1nn(CCO)c(O)c1C2. The van der Waals surface area contributed by atoms with Gasteiger partial charge in [0.2, 0.25) is 11.8 Å². The lowest BCUT2D eigenvalue weighted by molar-refractivity contribution is 0.257. The van der Waals surface area contributed by atoms with Gasteiger partial charge in [-0.1, -0.05) is 0 Å². The van der Waals surface area contributed by atoms with Crippen LogP contribution < -0.4 is 0 Å². The van der Waals surface area contributed by atoms with Gasteiger partial charge >= 0.3 is 0 Å². The number of aliphatic hydroxyl groups excluding tert-OH is 2. The van der Waals surface area contributed by atoms with Crippen LogP contribution >= 0.6 is 0 Å². The van der Waals surface area contributed by atoms with Gasteiger partial charge in [-0.3, -0.25) is 0 Å². The highest BCUT2D eigenvalue weighted by Crippen LogP contribution is 2.35. The smallest absolute Gasteiger partial charge is 0.213 e. The van der Waals surface area contributed by atoms with E-state index in [9.17, 15) is 10.2 Å². The molecule has 0 unspecified atom stereocenters. The second kappa shape index (κ2) is 4.80. The molecule has 0 spiro atoms. The van der Waals surface area contributed by atoms with Gasteiger partial charge in [0.05, 0.1) is 37.7 Å². The van der Waals surface area contributed by atoms with E-state index in [1.165, 1.54) is 9.36 Å². The zero-order valence-electron chi connectivity index (χ0n) is 10.8. The Morgan fingerprint density at radius 1 is 0.800 bits per heavy atom. The number of hydrogen-bond donors (Lipinski definition) is 4. The van der Waals surface area contributed by atoms with Crippen molar-refractivity contribution in [2.24, 2.45) is 0 Å². The Hall–Kier alpha value is -2.06. The van der Waals surface area contributed by atoms with E-state index in [2.05, 4.69) is 10.2 Å². The molecule has 0 fully saturated rings. The largest absolute Gasteiger partial charge is 0.493 e. The Morgan fingerprint density at radius 3 is 1.55 bits per heavy atom. The minimum absolute atomic E-state index is 0.0379. The van der Waals surface area contributed by atoms with Crippen LogP contribution in [0.4, 0.5) is 0 Å². The van der Waals surface area contributed by atoms with Gasteiger partial charge in [-0.2, -0.15) is 10.2 Å². The molecule has 0 atom stereocenters. The van der Waals surface area contributed by atoms with Crippen molar-refractivity contribution in [3.63, 3.8) is 0 Å².